The van der Waals surface area contributed by atoms with Crippen LogP contribution in [0.15, 0.2) is 23.0 Å². The van der Waals surface area contributed by atoms with E-state index in [9.17, 15) is 9.59 Å². The molecule has 0 saturated heterocycles. The zero-order chi connectivity index (χ0) is 8.27. The van der Waals surface area contributed by atoms with Gasteiger partial charge in [0.1, 0.15) is 12.7 Å². The van der Waals surface area contributed by atoms with Crippen molar-refractivity contribution in [3.05, 3.63) is 24.2 Å². The van der Waals surface area contributed by atoms with Crippen LogP contribution in [0, 0.1) is 0 Å². The summed E-state index contributed by atoms with van der Waals surface area (Å²) in [5, 5.41) is 8.23. The van der Waals surface area contributed by atoms with E-state index in [-0.39, 0.29) is 0 Å². The molecular weight excluding hydrogens is 148 g/mol. The van der Waals surface area contributed by atoms with Crippen LogP contribution in [0.25, 0.3) is 0 Å². The Labute approximate surface area is 62.4 Å². The monoisotopic (exact) mass is 154 g/mol. The standard InChI is InChI=1S/C7H6O4/c8-6(3-7(9)10)5-1-2-11-4-5/h1-2,4H,3H2,(H,9,10). The van der Waals surface area contributed by atoms with Crippen LogP contribution in [-0.2, 0) is 4.79 Å². The minimum Gasteiger partial charge on any atom is -0.481 e. The molecule has 1 aromatic heterocycles. The molecule has 11 heavy (non-hydrogen) atoms. The van der Waals surface area contributed by atoms with Crippen molar-refractivity contribution in [3.63, 3.8) is 0 Å². The van der Waals surface area contributed by atoms with Crippen LogP contribution in [0.5, 0.6) is 0 Å². The van der Waals surface area contributed by atoms with Gasteiger partial charge in [0.2, 0.25) is 0 Å². The van der Waals surface area contributed by atoms with E-state index in [2.05, 4.69) is 4.42 Å². The Bertz CT molecular complexity index is 260. The number of hydrogen-bond acceptors (Lipinski definition) is 3. The lowest BCUT2D eigenvalue weighted by molar-refractivity contribution is -0.135. The zero-order valence-corrected chi connectivity index (χ0v) is 5.61. The maximum absolute atomic E-state index is 10.9. The fourth-order valence-corrected chi connectivity index (χ4v) is 0.663. The van der Waals surface area contributed by atoms with E-state index in [0.717, 1.165) is 0 Å². The molecule has 1 heterocycles. The van der Waals surface area contributed by atoms with Gasteiger partial charge in [0.15, 0.2) is 5.78 Å². The van der Waals surface area contributed by atoms with Gasteiger partial charge in [0.25, 0.3) is 0 Å². The average Bonchev–Trinajstić information content (AvgIpc) is 2.35. The van der Waals surface area contributed by atoms with Crippen molar-refractivity contribution in [2.24, 2.45) is 0 Å². The molecule has 0 radical (unpaired) electrons. The largest absolute Gasteiger partial charge is 0.481 e. The highest BCUT2D eigenvalue weighted by Gasteiger charge is 2.10. The summed E-state index contributed by atoms with van der Waals surface area (Å²) in [5.74, 6) is -1.57. The first-order valence-corrected chi connectivity index (χ1v) is 2.97. The molecule has 4 heteroatoms. The Morgan fingerprint density at radius 3 is 2.73 bits per heavy atom. The second kappa shape index (κ2) is 3.01. The van der Waals surface area contributed by atoms with Gasteiger partial charge in [-0.25, -0.2) is 0 Å². The summed E-state index contributed by atoms with van der Waals surface area (Å²) in [6, 6.07) is 1.44. The van der Waals surface area contributed by atoms with Crippen LogP contribution in [0.4, 0.5) is 0 Å². The molecule has 1 N–H and O–H groups in total. The number of carboxylic acids is 1. The van der Waals surface area contributed by atoms with E-state index in [1.807, 2.05) is 0 Å². The van der Waals surface area contributed by atoms with Crippen molar-refractivity contribution in [2.75, 3.05) is 0 Å². The van der Waals surface area contributed by atoms with Crippen molar-refractivity contribution in [3.8, 4) is 0 Å². The molecule has 0 unspecified atom stereocenters. The maximum Gasteiger partial charge on any atom is 0.311 e. The van der Waals surface area contributed by atoms with Gasteiger partial charge in [-0.05, 0) is 6.07 Å². The molecule has 0 aliphatic heterocycles. The Morgan fingerprint density at radius 1 is 1.55 bits per heavy atom. The third kappa shape index (κ3) is 1.93. The van der Waals surface area contributed by atoms with Gasteiger partial charge in [0, 0.05) is 0 Å². The molecule has 0 aliphatic rings. The molecule has 0 bridgehead atoms. The number of Topliss-reactive ketones (excluding diaryl/α,β-unsaturated/α-hetero) is 1. The van der Waals surface area contributed by atoms with Gasteiger partial charge < -0.3 is 9.52 Å². The molecule has 0 saturated carbocycles. The molecule has 1 aromatic rings. The highest BCUT2D eigenvalue weighted by atomic mass is 16.4. The Hall–Kier alpha value is -1.58. The van der Waals surface area contributed by atoms with Crippen LogP contribution in [0.3, 0.4) is 0 Å². The summed E-state index contributed by atoms with van der Waals surface area (Å²) >= 11 is 0. The summed E-state index contributed by atoms with van der Waals surface area (Å²) in [7, 11) is 0. The predicted molar refractivity (Wildman–Crippen MR) is 35.3 cm³/mol. The SMILES string of the molecule is O=C(O)CC(=O)c1ccoc1. The number of carbonyl (C=O) groups excluding carboxylic acids is 1. The summed E-state index contributed by atoms with van der Waals surface area (Å²) in [6.07, 6.45) is 2.07. The van der Waals surface area contributed by atoms with Gasteiger partial charge in [-0.1, -0.05) is 0 Å². The molecule has 58 valence electrons. The van der Waals surface area contributed by atoms with Gasteiger partial charge in [-0.3, -0.25) is 9.59 Å². The molecule has 1 rings (SSSR count). The molecule has 0 aliphatic carbocycles. The number of carbonyl (C=O) groups is 2. The van der Waals surface area contributed by atoms with E-state index in [4.69, 9.17) is 5.11 Å². The van der Waals surface area contributed by atoms with E-state index in [1.165, 1.54) is 18.6 Å². The van der Waals surface area contributed by atoms with Gasteiger partial charge >= 0.3 is 5.97 Å². The van der Waals surface area contributed by atoms with Crippen molar-refractivity contribution >= 4 is 11.8 Å². The Morgan fingerprint density at radius 2 is 2.27 bits per heavy atom. The van der Waals surface area contributed by atoms with Gasteiger partial charge in [-0.15, -0.1) is 0 Å². The summed E-state index contributed by atoms with van der Waals surface area (Å²) in [6.45, 7) is 0. The Kier molecular flexibility index (Phi) is 2.06. The summed E-state index contributed by atoms with van der Waals surface area (Å²) in [4.78, 5) is 20.9. The van der Waals surface area contributed by atoms with Gasteiger partial charge in [-0.2, -0.15) is 0 Å². The molecule has 0 atom stereocenters. The first kappa shape index (κ1) is 7.53. The fourth-order valence-electron chi connectivity index (χ4n) is 0.663. The number of aliphatic carboxylic acids is 1. The molecule has 0 spiro atoms. The number of carboxylic acid groups (broad SMARTS) is 1. The second-order valence-corrected chi connectivity index (χ2v) is 2.01. The van der Waals surface area contributed by atoms with E-state index >= 15 is 0 Å². The third-order valence-electron chi connectivity index (χ3n) is 1.15. The number of ketones is 1. The van der Waals surface area contributed by atoms with Crippen LogP contribution in [-0.4, -0.2) is 16.9 Å². The molecule has 4 nitrogen and oxygen atoms in total. The van der Waals surface area contributed by atoms with Gasteiger partial charge in [0.05, 0.1) is 11.8 Å². The topological polar surface area (TPSA) is 67.5 Å². The van der Waals surface area contributed by atoms with Crippen molar-refractivity contribution < 1.29 is 19.1 Å². The Balaban J connectivity index is 2.64. The molecule has 0 fully saturated rings. The minimum absolute atomic E-state index is 0.299. The van der Waals surface area contributed by atoms with E-state index in [0.29, 0.717) is 5.56 Å². The van der Waals surface area contributed by atoms with Crippen molar-refractivity contribution in [1.82, 2.24) is 0 Å². The van der Waals surface area contributed by atoms with Crippen molar-refractivity contribution in [2.45, 2.75) is 6.42 Å². The number of furan rings is 1. The lowest BCUT2D eigenvalue weighted by Crippen LogP contribution is -2.05. The average molecular weight is 154 g/mol. The van der Waals surface area contributed by atoms with Crippen LogP contribution < -0.4 is 0 Å². The molecule has 0 aromatic carbocycles. The van der Waals surface area contributed by atoms with Crippen LogP contribution >= 0.6 is 0 Å². The summed E-state index contributed by atoms with van der Waals surface area (Å²) in [5.41, 5.74) is 0.299. The van der Waals surface area contributed by atoms with E-state index < -0.39 is 18.2 Å². The molecule has 0 amide bonds. The minimum atomic E-state index is -1.13. The first-order chi connectivity index (χ1) is 5.20. The third-order valence-corrected chi connectivity index (χ3v) is 1.15. The van der Waals surface area contributed by atoms with Crippen LogP contribution in [0.1, 0.15) is 16.8 Å². The normalized spacial score (nSPS) is 9.45. The van der Waals surface area contributed by atoms with Crippen LogP contribution in [0.2, 0.25) is 0 Å². The van der Waals surface area contributed by atoms with E-state index in [1.54, 1.807) is 0 Å². The van der Waals surface area contributed by atoms with Crippen molar-refractivity contribution in [1.29, 1.82) is 0 Å². The maximum atomic E-state index is 10.9. The zero-order valence-electron chi connectivity index (χ0n) is 5.61. The molecular formula is C7H6O4. The predicted octanol–water partition coefficient (Wildman–Crippen LogP) is 0.937. The second-order valence-electron chi connectivity index (χ2n) is 2.01. The lowest BCUT2D eigenvalue weighted by Gasteiger charge is -1.89. The number of rotatable bonds is 3. The summed E-state index contributed by atoms with van der Waals surface area (Å²) < 4.78 is 4.60. The number of hydrogen-bond donors (Lipinski definition) is 1. The highest BCUT2D eigenvalue weighted by molar-refractivity contribution is 6.05. The lowest BCUT2D eigenvalue weighted by atomic mass is 10.2. The first-order valence-electron chi connectivity index (χ1n) is 2.97. The fraction of sp³-hybridized carbons (Fsp3) is 0.143. The quantitative estimate of drug-likeness (QED) is 0.519. The highest BCUT2D eigenvalue weighted by Crippen LogP contribution is 2.03. The smallest absolute Gasteiger partial charge is 0.311 e.